The Morgan fingerprint density at radius 3 is 2.24 bits per heavy atom. The van der Waals surface area contributed by atoms with Gasteiger partial charge >= 0.3 is 0 Å². The van der Waals surface area contributed by atoms with Gasteiger partial charge in [0, 0.05) is 6.04 Å². The number of nitrogens with one attached hydrogen (secondary N) is 1. The highest BCUT2D eigenvalue weighted by atomic mass is 16.2. The van der Waals surface area contributed by atoms with Crippen molar-refractivity contribution in [1.29, 1.82) is 0 Å². The van der Waals surface area contributed by atoms with Gasteiger partial charge < -0.3 is 10.2 Å². The van der Waals surface area contributed by atoms with Crippen LogP contribution in [0, 0.1) is 5.92 Å². The summed E-state index contributed by atoms with van der Waals surface area (Å²) in [5.74, 6) is 0.820. The zero-order chi connectivity index (χ0) is 12.6. The Morgan fingerprint density at radius 2 is 1.65 bits per heavy atom. The Kier molecular flexibility index (Phi) is 3.40. The maximum Gasteiger partial charge on any atom is 0.245 e. The number of amides is 2. The second-order valence-electron chi connectivity index (χ2n) is 5.57. The topological polar surface area (TPSA) is 49.4 Å². The molecule has 0 aromatic carbocycles. The first-order valence-corrected chi connectivity index (χ1v) is 6.63. The van der Waals surface area contributed by atoms with Gasteiger partial charge in [0.05, 0.1) is 0 Å². The van der Waals surface area contributed by atoms with Crippen molar-refractivity contribution in [1.82, 2.24) is 10.2 Å². The molecular weight excluding hydrogens is 216 g/mol. The van der Waals surface area contributed by atoms with Crippen molar-refractivity contribution in [3.8, 4) is 0 Å². The standard InChI is InChI=1S/C13H22N2O2/c1-8-4-6-11(7-5-8)15-10(3)12(16)14-9(2)13(15)17/h8-11H,4-7H2,1-3H3,(H,14,16). The van der Waals surface area contributed by atoms with Crippen molar-refractivity contribution in [3.63, 3.8) is 0 Å². The van der Waals surface area contributed by atoms with Gasteiger partial charge in [-0.3, -0.25) is 9.59 Å². The fourth-order valence-electron chi connectivity index (χ4n) is 2.95. The average molecular weight is 238 g/mol. The zero-order valence-corrected chi connectivity index (χ0v) is 10.9. The molecule has 1 heterocycles. The minimum atomic E-state index is -0.363. The maximum atomic E-state index is 12.2. The molecule has 2 amide bonds. The van der Waals surface area contributed by atoms with Crippen LogP contribution >= 0.6 is 0 Å². The molecule has 4 heteroatoms. The van der Waals surface area contributed by atoms with Crippen LogP contribution in [-0.2, 0) is 9.59 Å². The second-order valence-corrected chi connectivity index (χ2v) is 5.57. The lowest BCUT2D eigenvalue weighted by Crippen LogP contribution is -2.64. The Labute approximate surface area is 103 Å². The van der Waals surface area contributed by atoms with Gasteiger partial charge in [0.25, 0.3) is 0 Å². The first-order valence-electron chi connectivity index (χ1n) is 6.63. The number of piperazine rings is 1. The molecular formula is C13H22N2O2. The van der Waals surface area contributed by atoms with E-state index in [1.54, 1.807) is 6.92 Å². The quantitative estimate of drug-likeness (QED) is 0.748. The van der Waals surface area contributed by atoms with Crippen LogP contribution in [0.25, 0.3) is 0 Å². The van der Waals surface area contributed by atoms with Gasteiger partial charge in [-0.1, -0.05) is 6.92 Å². The summed E-state index contributed by atoms with van der Waals surface area (Å²) in [5, 5.41) is 2.73. The van der Waals surface area contributed by atoms with Crippen molar-refractivity contribution in [2.24, 2.45) is 5.92 Å². The van der Waals surface area contributed by atoms with E-state index in [1.165, 1.54) is 0 Å². The van der Waals surface area contributed by atoms with Crippen LogP contribution in [0.5, 0.6) is 0 Å². The van der Waals surface area contributed by atoms with Crippen LogP contribution in [-0.4, -0.2) is 34.8 Å². The molecule has 2 rings (SSSR count). The summed E-state index contributed by atoms with van der Waals surface area (Å²) in [6.07, 6.45) is 4.41. The molecule has 0 aromatic rings. The third-order valence-corrected chi connectivity index (χ3v) is 4.16. The van der Waals surface area contributed by atoms with Crippen molar-refractivity contribution in [2.45, 2.75) is 64.6 Å². The first-order chi connectivity index (χ1) is 8.00. The van der Waals surface area contributed by atoms with Gasteiger partial charge in [0.1, 0.15) is 12.1 Å². The van der Waals surface area contributed by atoms with E-state index in [4.69, 9.17) is 0 Å². The van der Waals surface area contributed by atoms with Gasteiger partial charge in [-0.15, -0.1) is 0 Å². The molecule has 0 aromatic heterocycles. The summed E-state index contributed by atoms with van der Waals surface area (Å²) < 4.78 is 0. The average Bonchev–Trinajstić information content (AvgIpc) is 2.29. The Balaban J connectivity index is 2.11. The number of hydrogen-bond acceptors (Lipinski definition) is 2. The lowest BCUT2D eigenvalue weighted by atomic mass is 9.85. The normalized spacial score (nSPS) is 39.1. The first kappa shape index (κ1) is 12.4. The molecule has 2 unspecified atom stereocenters. The highest BCUT2D eigenvalue weighted by molar-refractivity contribution is 5.96. The van der Waals surface area contributed by atoms with E-state index in [2.05, 4.69) is 12.2 Å². The minimum Gasteiger partial charge on any atom is -0.343 e. The van der Waals surface area contributed by atoms with Crippen LogP contribution in [0.4, 0.5) is 0 Å². The lowest BCUT2D eigenvalue weighted by molar-refractivity contribution is -0.151. The predicted octanol–water partition coefficient (Wildman–Crippen LogP) is 1.30. The molecule has 0 radical (unpaired) electrons. The third kappa shape index (κ3) is 2.31. The van der Waals surface area contributed by atoms with Crippen molar-refractivity contribution < 1.29 is 9.59 Å². The summed E-state index contributed by atoms with van der Waals surface area (Å²) in [6.45, 7) is 5.86. The maximum absolute atomic E-state index is 12.2. The molecule has 0 spiro atoms. The summed E-state index contributed by atoms with van der Waals surface area (Å²) in [5.41, 5.74) is 0. The molecule has 1 saturated carbocycles. The van der Waals surface area contributed by atoms with E-state index in [0.717, 1.165) is 31.6 Å². The fraction of sp³-hybridized carbons (Fsp3) is 0.846. The minimum absolute atomic E-state index is 0.0179. The van der Waals surface area contributed by atoms with E-state index in [0.29, 0.717) is 0 Å². The molecule has 1 saturated heterocycles. The molecule has 4 nitrogen and oxygen atoms in total. The number of nitrogens with zero attached hydrogens (tertiary/aromatic N) is 1. The van der Waals surface area contributed by atoms with E-state index >= 15 is 0 Å². The van der Waals surface area contributed by atoms with E-state index in [9.17, 15) is 9.59 Å². The summed E-state index contributed by atoms with van der Waals surface area (Å²) in [6, 6.07) is -0.405. The fourth-order valence-corrected chi connectivity index (χ4v) is 2.95. The molecule has 1 aliphatic heterocycles. The highest BCUT2D eigenvalue weighted by Crippen LogP contribution is 2.29. The molecule has 2 atom stereocenters. The smallest absolute Gasteiger partial charge is 0.245 e. The van der Waals surface area contributed by atoms with E-state index < -0.39 is 0 Å². The summed E-state index contributed by atoms with van der Waals surface area (Å²) in [4.78, 5) is 25.8. The van der Waals surface area contributed by atoms with Gasteiger partial charge in [-0.25, -0.2) is 0 Å². The zero-order valence-electron chi connectivity index (χ0n) is 10.9. The molecule has 96 valence electrons. The summed E-state index contributed by atoms with van der Waals surface area (Å²) in [7, 11) is 0. The SMILES string of the molecule is CC1CCC(N2C(=O)C(C)NC(=O)C2C)CC1. The molecule has 17 heavy (non-hydrogen) atoms. The van der Waals surface area contributed by atoms with Crippen LogP contribution in [0.3, 0.4) is 0 Å². The Bertz CT molecular complexity index is 321. The van der Waals surface area contributed by atoms with Crippen LogP contribution in [0.1, 0.15) is 46.5 Å². The van der Waals surface area contributed by atoms with Gasteiger partial charge in [0.2, 0.25) is 11.8 Å². The second kappa shape index (κ2) is 4.67. The van der Waals surface area contributed by atoms with Gasteiger partial charge in [-0.2, -0.15) is 0 Å². The molecule has 2 aliphatic rings. The van der Waals surface area contributed by atoms with E-state index in [1.807, 2.05) is 11.8 Å². The number of carbonyl (C=O) groups excluding carboxylic acids is 2. The Hall–Kier alpha value is -1.06. The molecule has 1 aliphatic carbocycles. The van der Waals surface area contributed by atoms with Crippen molar-refractivity contribution in [2.75, 3.05) is 0 Å². The van der Waals surface area contributed by atoms with Crippen LogP contribution in [0.15, 0.2) is 0 Å². The Morgan fingerprint density at radius 1 is 1.06 bits per heavy atom. The third-order valence-electron chi connectivity index (χ3n) is 4.16. The van der Waals surface area contributed by atoms with Gasteiger partial charge in [0.15, 0.2) is 0 Å². The number of rotatable bonds is 1. The molecule has 1 N–H and O–H groups in total. The lowest BCUT2D eigenvalue weighted by Gasteiger charge is -2.43. The monoisotopic (exact) mass is 238 g/mol. The summed E-state index contributed by atoms with van der Waals surface area (Å²) >= 11 is 0. The van der Waals surface area contributed by atoms with Crippen molar-refractivity contribution >= 4 is 11.8 Å². The van der Waals surface area contributed by atoms with Crippen LogP contribution in [0.2, 0.25) is 0 Å². The highest BCUT2D eigenvalue weighted by Gasteiger charge is 2.40. The van der Waals surface area contributed by atoms with Crippen LogP contribution < -0.4 is 5.32 Å². The molecule has 2 fully saturated rings. The number of hydrogen-bond donors (Lipinski definition) is 1. The largest absolute Gasteiger partial charge is 0.343 e. The molecule has 0 bridgehead atoms. The van der Waals surface area contributed by atoms with E-state index in [-0.39, 0.29) is 29.9 Å². The van der Waals surface area contributed by atoms with Crippen molar-refractivity contribution in [3.05, 3.63) is 0 Å². The number of carbonyl (C=O) groups is 2. The van der Waals surface area contributed by atoms with Gasteiger partial charge in [-0.05, 0) is 45.4 Å². The predicted molar refractivity (Wildman–Crippen MR) is 65.3 cm³/mol.